The topological polar surface area (TPSA) is 57.8 Å². The molecule has 0 bridgehead atoms. The van der Waals surface area contributed by atoms with E-state index in [2.05, 4.69) is 5.32 Å². The molecule has 0 saturated heterocycles. The zero-order valence-corrected chi connectivity index (χ0v) is 13.8. The maximum atomic E-state index is 12.3. The molecule has 3 rings (SSSR count). The van der Waals surface area contributed by atoms with Crippen molar-refractivity contribution in [3.63, 3.8) is 0 Å². The van der Waals surface area contributed by atoms with Crippen LogP contribution in [-0.4, -0.2) is 16.5 Å². The molecule has 4 heteroatoms. The SMILES string of the molecule is Cc1ccc(-n2cccc2/C=C(/C#N)C(=O)NC2CCCC2)cc1. The Labute approximate surface area is 142 Å². The summed E-state index contributed by atoms with van der Waals surface area (Å²) in [4.78, 5) is 12.3. The van der Waals surface area contributed by atoms with Crippen LogP contribution in [0, 0.1) is 18.3 Å². The molecule has 1 heterocycles. The van der Waals surface area contributed by atoms with Gasteiger partial charge >= 0.3 is 0 Å². The number of amides is 1. The van der Waals surface area contributed by atoms with E-state index in [1.54, 1.807) is 6.08 Å². The summed E-state index contributed by atoms with van der Waals surface area (Å²) >= 11 is 0. The summed E-state index contributed by atoms with van der Waals surface area (Å²) in [6, 6.07) is 14.2. The first-order chi connectivity index (χ1) is 11.7. The fourth-order valence-electron chi connectivity index (χ4n) is 3.08. The third-order valence-corrected chi connectivity index (χ3v) is 4.44. The quantitative estimate of drug-likeness (QED) is 0.689. The van der Waals surface area contributed by atoms with E-state index in [1.807, 2.05) is 60.2 Å². The van der Waals surface area contributed by atoms with Crippen molar-refractivity contribution >= 4 is 12.0 Å². The molecule has 122 valence electrons. The van der Waals surface area contributed by atoms with Crippen LogP contribution < -0.4 is 5.32 Å². The van der Waals surface area contributed by atoms with Gasteiger partial charge in [0.2, 0.25) is 0 Å². The molecule has 24 heavy (non-hydrogen) atoms. The Hall–Kier alpha value is -2.80. The number of aromatic nitrogens is 1. The molecule has 1 amide bonds. The third kappa shape index (κ3) is 3.57. The number of carbonyl (C=O) groups is 1. The highest BCUT2D eigenvalue weighted by Crippen LogP contribution is 2.19. The van der Waals surface area contributed by atoms with Gasteiger partial charge in [-0.15, -0.1) is 0 Å². The standard InChI is InChI=1S/C20H21N3O/c1-15-8-10-18(11-9-15)23-12-4-7-19(23)13-16(14-21)20(24)22-17-5-2-3-6-17/h4,7-13,17H,2-3,5-6H2,1H3,(H,22,24)/b16-13-. The predicted molar refractivity (Wildman–Crippen MR) is 94.5 cm³/mol. The van der Waals surface area contributed by atoms with Crippen LogP contribution in [0.4, 0.5) is 0 Å². The summed E-state index contributed by atoms with van der Waals surface area (Å²) in [5.41, 5.74) is 3.16. The first kappa shape index (κ1) is 16.1. The van der Waals surface area contributed by atoms with Crippen LogP contribution in [-0.2, 0) is 4.79 Å². The molecule has 1 aliphatic rings. The molecule has 0 aliphatic heterocycles. The average molecular weight is 319 g/mol. The summed E-state index contributed by atoms with van der Waals surface area (Å²) < 4.78 is 1.97. The number of hydrogen-bond acceptors (Lipinski definition) is 2. The number of nitriles is 1. The minimum absolute atomic E-state index is 0.147. The number of rotatable bonds is 4. The Morgan fingerprint density at radius 2 is 1.96 bits per heavy atom. The number of benzene rings is 1. The van der Waals surface area contributed by atoms with E-state index in [1.165, 1.54) is 5.56 Å². The molecular formula is C20H21N3O. The van der Waals surface area contributed by atoms with Gasteiger partial charge < -0.3 is 9.88 Å². The zero-order chi connectivity index (χ0) is 16.9. The normalized spacial score (nSPS) is 15.2. The van der Waals surface area contributed by atoms with Crippen LogP contribution in [0.3, 0.4) is 0 Å². The van der Waals surface area contributed by atoms with Gasteiger partial charge in [-0.05, 0) is 50.1 Å². The number of aryl methyl sites for hydroxylation is 1. The van der Waals surface area contributed by atoms with Crippen LogP contribution >= 0.6 is 0 Å². The van der Waals surface area contributed by atoms with Gasteiger partial charge in [0, 0.05) is 23.6 Å². The second-order valence-electron chi connectivity index (χ2n) is 6.26. The Kier molecular flexibility index (Phi) is 4.81. The first-order valence-corrected chi connectivity index (χ1v) is 8.34. The third-order valence-electron chi connectivity index (χ3n) is 4.44. The van der Waals surface area contributed by atoms with Crippen LogP contribution in [0.2, 0.25) is 0 Å². The first-order valence-electron chi connectivity index (χ1n) is 8.34. The molecule has 1 fully saturated rings. The van der Waals surface area contributed by atoms with Crippen molar-refractivity contribution in [3.8, 4) is 11.8 Å². The van der Waals surface area contributed by atoms with E-state index >= 15 is 0 Å². The molecule has 2 aromatic rings. The Balaban J connectivity index is 1.84. The molecular weight excluding hydrogens is 298 g/mol. The van der Waals surface area contributed by atoms with Crippen molar-refractivity contribution in [3.05, 3.63) is 59.4 Å². The Morgan fingerprint density at radius 1 is 1.25 bits per heavy atom. The number of nitrogens with zero attached hydrogens (tertiary/aromatic N) is 2. The van der Waals surface area contributed by atoms with E-state index in [0.717, 1.165) is 37.1 Å². The monoisotopic (exact) mass is 319 g/mol. The van der Waals surface area contributed by atoms with Crippen molar-refractivity contribution in [2.45, 2.75) is 38.6 Å². The van der Waals surface area contributed by atoms with Gasteiger partial charge in [-0.1, -0.05) is 30.5 Å². The lowest BCUT2D eigenvalue weighted by atomic mass is 10.1. The lowest BCUT2D eigenvalue weighted by Crippen LogP contribution is -2.33. The summed E-state index contributed by atoms with van der Waals surface area (Å²) in [5.74, 6) is -0.277. The minimum Gasteiger partial charge on any atom is -0.349 e. The van der Waals surface area contributed by atoms with Gasteiger partial charge in [0.1, 0.15) is 11.6 Å². The molecule has 0 radical (unpaired) electrons. The van der Waals surface area contributed by atoms with Gasteiger partial charge in [0.05, 0.1) is 0 Å². The van der Waals surface area contributed by atoms with E-state index in [4.69, 9.17) is 0 Å². The average Bonchev–Trinajstić information content (AvgIpc) is 3.25. The van der Waals surface area contributed by atoms with Crippen molar-refractivity contribution in [1.82, 2.24) is 9.88 Å². The number of hydrogen-bond donors (Lipinski definition) is 1. The maximum absolute atomic E-state index is 12.3. The van der Waals surface area contributed by atoms with E-state index in [9.17, 15) is 10.1 Å². The highest BCUT2D eigenvalue weighted by molar-refractivity contribution is 6.01. The van der Waals surface area contributed by atoms with Crippen LogP contribution in [0.1, 0.15) is 36.9 Å². The van der Waals surface area contributed by atoms with Gasteiger partial charge in [0.25, 0.3) is 5.91 Å². The largest absolute Gasteiger partial charge is 0.349 e. The van der Waals surface area contributed by atoms with Gasteiger partial charge in [-0.25, -0.2) is 0 Å². The zero-order valence-electron chi connectivity index (χ0n) is 13.8. The Bertz CT molecular complexity index is 787. The summed E-state index contributed by atoms with van der Waals surface area (Å²) in [7, 11) is 0. The highest BCUT2D eigenvalue weighted by Gasteiger charge is 2.19. The van der Waals surface area contributed by atoms with Gasteiger partial charge in [0.15, 0.2) is 0 Å². The predicted octanol–water partition coefficient (Wildman–Crippen LogP) is 3.75. The molecule has 1 N–H and O–H groups in total. The molecule has 0 unspecified atom stereocenters. The van der Waals surface area contributed by atoms with Gasteiger partial charge in [-0.2, -0.15) is 5.26 Å². The molecule has 0 spiro atoms. The molecule has 1 aromatic carbocycles. The minimum atomic E-state index is -0.277. The van der Waals surface area contributed by atoms with Crippen LogP contribution in [0.15, 0.2) is 48.2 Å². The molecule has 4 nitrogen and oxygen atoms in total. The van der Waals surface area contributed by atoms with Crippen molar-refractivity contribution in [2.24, 2.45) is 0 Å². The van der Waals surface area contributed by atoms with E-state index in [-0.39, 0.29) is 17.5 Å². The van der Waals surface area contributed by atoms with Crippen LogP contribution in [0.25, 0.3) is 11.8 Å². The fourth-order valence-corrected chi connectivity index (χ4v) is 3.08. The number of nitrogens with one attached hydrogen (secondary N) is 1. The van der Waals surface area contributed by atoms with Crippen LogP contribution in [0.5, 0.6) is 0 Å². The lowest BCUT2D eigenvalue weighted by molar-refractivity contribution is -0.117. The molecule has 1 aromatic heterocycles. The maximum Gasteiger partial charge on any atom is 0.262 e. The summed E-state index contributed by atoms with van der Waals surface area (Å²) in [6.07, 6.45) is 7.89. The molecule has 0 atom stereocenters. The Morgan fingerprint density at radius 3 is 2.62 bits per heavy atom. The van der Waals surface area contributed by atoms with Crippen molar-refractivity contribution in [1.29, 1.82) is 5.26 Å². The summed E-state index contributed by atoms with van der Waals surface area (Å²) in [6.45, 7) is 2.04. The van der Waals surface area contributed by atoms with Crippen molar-refractivity contribution in [2.75, 3.05) is 0 Å². The van der Waals surface area contributed by atoms with E-state index in [0.29, 0.717) is 0 Å². The smallest absolute Gasteiger partial charge is 0.262 e. The second kappa shape index (κ2) is 7.18. The highest BCUT2D eigenvalue weighted by atomic mass is 16.1. The number of carbonyl (C=O) groups excluding carboxylic acids is 1. The molecule has 1 saturated carbocycles. The van der Waals surface area contributed by atoms with E-state index < -0.39 is 0 Å². The van der Waals surface area contributed by atoms with Crippen molar-refractivity contribution < 1.29 is 4.79 Å². The van der Waals surface area contributed by atoms with Gasteiger partial charge in [-0.3, -0.25) is 4.79 Å². The summed E-state index contributed by atoms with van der Waals surface area (Å²) in [5, 5.41) is 12.3. The molecule has 1 aliphatic carbocycles. The second-order valence-corrected chi connectivity index (χ2v) is 6.26. The lowest BCUT2D eigenvalue weighted by Gasteiger charge is -2.11. The fraction of sp³-hybridized carbons (Fsp3) is 0.300.